The molecule has 1 aliphatic heterocycles. The largest absolute Gasteiger partial charge is 0.355 e. The van der Waals surface area contributed by atoms with E-state index in [0.717, 1.165) is 38.0 Å². The molecule has 0 spiro atoms. The number of rotatable bonds is 7. The van der Waals surface area contributed by atoms with Crippen LogP contribution in [0.5, 0.6) is 0 Å². The van der Waals surface area contributed by atoms with E-state index < -0.39 is 0 Å². The van der Waals surface area contributed by atoms with Gasteiger partial charge in [-0.05, 0) is 43.6 Å². The number of carbonyl (C=O) groups is 1. The van der Waals surface area contributed by atoms with Crippen molar-refractivity contribution in [1.29, 1.82) is 0 Å². The third-order valence-electron chi connectivity index (χ3n) is 5.47. The van der Waals surface area contributed by atoms with Gasteiger partial charge in [-0.25, -0.2) is 0 Å². The van der Waals surface area contributed by atoms with Gasteiger partial charge >= 0.3 is 0 Å². The summed E-state index contributed by atoms with van der Waals surface area (Å²) in [5.74, 6) is 0.0794. The average molecular weight is 351 g/mol. The molecule has 138 valence electrons. The number of carbonyl (C=O) groups excluding carboxylic acids is 1. The molecule has 0 atom stereocenters. The molecule has 26 heavy (non-hydrogen) atoms. The number of benzene rings is 2. The highest BCUT2D eigenvalue weighted by atomic mass is 16.1. The van der Waals surface area contributed by atoms with Gasteiger partial charge in [0.2, 0.25) is 5.91 Å². The third kappa shape index (κ3) is 5.16. The number of nitrogens with zero attached hydrogens (tertiary/aromatic N) is 1. The van der Waals surface area contributed by atoms with Gasteiger partial charge in [-0.2, -0.15) is 0 Å². The van der Waals surface area contributed by atoms with Crippen LogP contribution in [0.15, 0.2) is 60.7 Å². The van der Waals surface area contributed by atoms with E-state index in [4.69, 9.17) is 5.73 Å². The summed E-state index contributed by atoms with van der Waals surface area (Å²) in [5, 5.41) is 3.12. The lowest BCUT2D eigenvalue weighted by atomic mass is 9.78. The standard InChI is InChI=1S/C22H29N3O/c23-17-22(18-24-21(26)15-19-7-3-1-4-8-19)11-13-25(14-12-22)16-20-9-5-2-6-10-20/h1-10H,11-18,23H2,(H,24,26). The van der Waals surface area contributed by atoms with Crippen LogP contribution in [0.1, 0.15) is 24.0 Å². The summed E-state index contributed by atoms with van der Waals surface area (Å²) in [6, 6.07) is 20.4. The first-order chi connectivity index (χ1) is 12.7. The van der Waals surface area contributed by atoms with Crippen molar-refractivity contribution >= 4 is 5.91 Å². The molecule has 3 N–H and O–H groups in total. The first-order valence-electron chi connectivity index (χ1n) is 9.46. The van der Waals surface area contributed by atoms with Crippen LogP contribution >= 0.6 is 0 Å². The molecule has 0 unspecified atom stereocenters. The van der Waals surface area contributed by atoms with Crippen molar-refractivity contribution in [2.75, 3.05) is 26.2 Å². The summed E-state index contributed by atoms with van der Waals surface area (Å²) in [5.41, 5.74) is 8.53. The second-order valence-electron chi connectivity index (χ2n) is 7.40. The Hall–Kier alpha value is -2.17. The Bertz CT molecular complexity index is 679. The topological polar surface area (TPSA) is 58.4 Å². The van der Waals surface area contributed by atoms with Crippen LogP contribution in [0, 0.1) is 5.41 Å². The van der Waals surface area contributed by atoms with Crippen LogP contribution in [-0.4, -0.2) is 37.0 Å². The van der Waals surface area contributed by atoms with Crippen molar-refractivity contribution < 1.29 is 4.79 Å². The van der Waals surface area contributed by atoms with Gasteiger partial charge in [0.05, 0.1) is 6.42 Å². The Morgan fingerprint density at radius 3 is 2.12 bits per heavy atom. The van der Waals surface area contributed by atoms with Gasteiger partial charge in [0.1, 0.15) is 0 Å². The Balaban J connectivity index is 1.47. The number of nitrogens with two attached hydrogens (primary N) is 1. The summed E-state index contributed by atoms with van der Waals surface area (Å²) < 4.78 is 0. The van der Waals surface area contributed by atoms with Crippen LogP contribution in [0.3, 0.4) is 0 Å². The van der Waals surface area contributed by atoms with Crippen molar-refractivity contribution in [3.63, 3.8) is 0 Å². The van der Waals surface area contributed by atoms with E-state index in [2.05, 4.69) is 40.5 Å². The summed E-state index contributed by atoms with van der Waals surface area (Å²) in [7, 11) is 0. The van der Waals surface area contributed by atoms with Crippen LogP contribution in [-0.2, 0) is 17.8 Å². The molecular formula is C22H29N3O. The number of nitrogens with one attached hydrogen (secondary N) is 1. The van der Waals surface area contributed by atoms with E-state index in [9.17, 15) is 4.79 Å². The predicted octanol–water partition coefficient (Wildman–Crippen LogP) is 2.59. The van der Waals surface area contributed by atoms with E-state index in [0.29, 0.717) is 19.5 Å². The van der Waals surface area contributed by atoms with E-state index >= 15 is 0 Å². The lowest BCUT2D eigenvalue weighted by Gasteiger charge is -2.41. The minimum Gasteiger partial charge on any atom is -0.355 e. The first-order valence-corrected chi connectivity index (χ1v) is 9.46. The molecule has 1 aliphatic rings. The van der Waals surface area contributed by atoms with Crippen molar-refractivity contribution in [2.45, 2.75) is 25.8 Å². The molecule has 2 aromatic carbocycles. The Morgan fingerprint density at radius 1 is 0.962 bits per heavy atom. The zero-order valence-electron chi connectivity index (χ0n) is 15.4. The Morgan fingerprint density at radius 2 is 1.54 bits per heavy atom. The molecule has 1 fully saturated rings. The number of amides is 1. The van der Waals surface area contributed by atoms with Crippen molar-refractivity contribution in [2.24, 2.45) is 11.1 Å². The van der Waals surface area contributed by atoms with Gasteiger partial charge in [-0.1, -0.05) is 60.7 Å². The minimum absolute atomic E-state index is 0.0273. The van der Waals surface area contributed by atoms with Crippen LogP contribution in [0.2, 0.25) is 0 Å². The zero-order chi connectivity index (χ0) is 18.2. The predicted molar refractivity (Wildman–Crippen MR) is 106 cm³/mol. The fourth-order valence-electron chi connectivity index (χ4n) is 3.61. The number of likely N-dealkylation sites (tertiary alicyclic amines) is 1. The molecule has 3 rings (SSSR count). The van der Waals surface area contributed by atoms with Gasteiger partial charge < -0.3 is 11.1 Å². The maximum atomic E-state index is 12.3. The van der Waals surface area contributed by atoms with Gasteiger partial charge in [-0.3, -0.25) is 9.69 Å². The molecule has 2 aromatic rings. The second-order valence-corrected chi connectivity index (χ2v) is 7.40. The number of piperidine rings is 1. The van der Waals surface area contributed by atoms with Crippen LogP contribution < -0.4 is 11.1 Å². The fourth-order valence-corrected chi connectivity index (χ4v) is 3.61. The lowest BCUT2D eigenvalue weighted by Crippen LogP contribution is -2.49. The maximum absolute atomic E-state index is 12.3. The van der Waals surface area contributed by atoms with Crippen molar-refractivity contribution in [1.82, 2.24) is 10.2 Å². The van der Waals surface area contributed by atoms with E-state index in [1.807, 2.05) is 30.3 Å². The highest BCUT2D eigenvalue weighted by Crippen LogP contribution is 2.30. The molecule has 4 nitrogen and oxygen atoms in total. The van der Waals surface area contributed by atoms with Gasteiger partial charge in [0.25, 0.3) is 0 Å². The summed E-state index contributed by atoms with van der Waals surface area (Å²) in [6.07, 6.45) is 2.49. The third-order valence-corrected chi connectivity index (χ3v) is 5.47. The van der Waals surface area contributed by atoms with Gasteiger partial charge in [-0.15, -0.1) is 0 Å². The molecule has 0 bridgehead atoms. The summed E-state index contributed by atoms with van der Waals surface area (Å²) in [6.45, 7) is 4.34. The first kappa shape index (κ1) is 18.6. The summed E-state index contributed by atoms with van der Waals surface area (Å²) >= 11 is 0. The number of hydrogen-bond donors (Lipinski definition) is 2. The zero-order valence-corrected chi connectivity index (χ0v) is 15.4. The monoisotopic (exact) mass is 351 g/mol. The van der Waals surface area contributed by atoms with Gasteiger partial charge in [0, 0.05) is 18.5 Å². The van der Waals surface area contributed by atoms with Crippen molar-refractivity contribution in [3.8, 4) is 0 Å². The quantitative estimate of drug-likeness (QED) is 0.806. The minimum atomic E-state index is 0.0273. The van der Waals surface area contributed by atoms with Crippen LogP contribution in [0.4, 0.5) is 0 Å². The molecule has 0 radical (unpaired) electrons. The molecule has 0 saturated carbocycles. The van der Waals surface area contributed by atoms with Crippen molar-refractivity contribution in [3.05, 3.63) is 71.8 Å². The molecule has 0 aliphatic carbocycles. The van der Waals surface area contributed by atoms with Crippen LogP contribution in [0.25, 0.3) is 0 Å². The average Bonchev–Trinajstić information content (AvgIpc) is 2.69. The molecule has 4 heteroatoms. The maximum Gasteiger partial charge on any atom is 0.224 e. The fraction of sp³-hybridized carbons (Fsp3) is 0.409. The molecular weight excluding hydrogens is 322 g/mol. The number of hydrogen-bond acceptors (Lipinski definition) is 3. The van der Waals surface area contributed by atoms with Gasteiger partial charge in [0.15, 0.2) is 0 Å². The molecule has 1 amide bonds. The normalized spacial score (nSPS) is 17.0. The second kappa shape index (κ2) is 8.97. The Kier molecular flexibility index (Phi) is 6.42. The Labute approximate surface area is 156 Å². The highest BCUT2D eigenvalue weighted by Gasteiger charge is 2.33. The lowest BCUT2D eigenvalue weighted by molar-refractivity contribution is -0.121. The van der Waals surface area contributed by atoms with E-state index in [1.54, 1.807) is 0 Å². The molecule has 1 saturated heterocycles. The molecule has 0 aromatic heterocycles. The molecule has 1 heterocycles. The smallest absolute Gasteiger partial charge is 0.224 e. The van der Waals surface area contributed by atoms with E-state index in [1.165, 1.54) is 5.56 Å². The van der Waals surface area contributed by atoms with E-state index in [-0.39, 0.29) is 11.3 Å². The SMILES string of the molecule is NCC1(CNC(=O)Cc2ccccc2)CCN(Cc2ccccc2)CC1. The highest BCUT2D eigenvalue weighted by molar-refractivity contribution is 5.78. The summed E-state index contributed by atoms with van der Waals surface area (Å²) in [4.78, 5) is 14.7.